The van der Waals surface area contributed by atoms with Gasteiger partial charge in [0, 0.05) is 24.6 Å². The third-order valence-corrected chi connectivity index (χ3v) is 2.34. The Bertz CT molecular complexity index is 326. The highest BCUT2D eigenvalue weighted by molar-refractivity contribution is 9.10. The molecule has 0 saturated heterocycles. The molecule has 0 aliphatic heterocycles. The van der Waals surface area contributed by atoms with Crippen LogP contribution in [0.5, 0.6) is 5.75 Å². The van der Waals surface area contributed by atoms with Crippen LogP contribution in [-0.2, 0) is 4.74 Å². The zero-order valence-corrected chi connectivity index (χ0v) is 10.1. The maximum atomic E-state index is 10.7. The second-order valence-corrected chi connectivity index (χ2v) is 3.91. The van der Waals surface area contributed by atoms with Gasteiger partial charge >= 0.3 is 0 Å². The highest BCUT2D eigenvalue weighted by Crippen LogP contribution is 2.21. The number of carbonyl (C=O) groups excluding carboxylic acids is 1. The second-order valence-electron chi connectivity index (χ2n) is 2.99. The summed E-state index contributed by atoms with van der Waals surface area (Å²) in [6, 6.07) is 5.36. The number of rotatable bonds is 6. The van der Waals surface area contributed by atoms with Gasteiger partial charge in [-0.15, -0.1) is 0 Å². The molecule has 4 heteroatoms. The predicted octanol–water partition coefficient (Wildman–Crippen LogP) is 2.68. The molecule has 3 nitrogen and oxygen atoms in total. The molecule has 0 heterocycles. The number of hydrogen-bond donors (Lipinski definition) is 0. The van der Waals surface area contributed by atoms with Crippen LogP contribution in [0.3, 0.4) is 0 Å². The van der Waals surface area contributed by atoms with E-state index in [9.17, 15) is 4.79 Å². The summed E-state index contributed by atoms with van der Waals surface area (Å²) in [6.07, 6.45) is 1.60. The number of hydrogen-bond acceptors (Lipinski definition) is 3. The zero-order chi connectivity index (χ0) is 11.1. The van der Waals surface area contributed by atoms with Crippen LogP contribution >= 0.6 is 15.9 Å². The summed E-state index contributed by atoms with van der Waals surface area (Å²) >= 11 is 3.30. The molecule has 0 amide bonds. The van der Waals surface area contributed by atoms with Gasteiger partial charge in [-0.1, -0.05) is 15.9 Å². The molecule has 0 aliphatic carbocycles. The minimum Gasteiger partial charge on any atom is -0.493 e. The van der Waals surface area contributed by atoms with Gasteiger partial charge in [0.25, 0.3) is 0 Å². The van der Waals surface area contributed by atoms with E-state index >= 15 is 0 Å². The zero-order valence-electron chi connectivity index (χ0n) is 8.53. The topological polar surface area (TPSA) is 35.5 Å². The molecule has 82 valence electrons. The standard InChI is InChI=1S/C11H13BrO3/c1-14-5-2-6-15-11-4-3-10(12)7-9(11)8-13/h3-4,7-8H,2,5-6H2,1H3. The molecule has 0 bridgehead atoms. The normalized spacial score (nSPS) is 10.0. The van der Waals surface area contributed by atoms with E-state index in [0.717, 1.165) is 17.2 Å². The Kier molecular flexibility index (Phi) is 5.36. The van der Waals surface area contributed by atoms with Crippen molar-refractivity contribution in [3.63, 3.8) is 0 Å². The molecule has 0 atom stereocenters. The molecule has 0 aromatic heterocycles. The smallest absolute Gasteiger partial charge is 0.153 e. The van der Waals surface area contributed by atoms with Crippen molar-refractivity contribution < 1.29 is 14.3 Å². The van der Waals surface area contributed by atoms with E-state index in [1.807, 2.05) is 6.07 Å². The van der Waals surface area contributed by atoms with Crippen LogP contribution in [-0.4, -0.2) is 26.6 Å². The summed E-state index contributed by atoms with van der Waals surface area (Å²) in [6.45, 7) is 1.21. The maximum Gasteiger partial charge on any atom is 0.153 e. The average molecular weight is 273 g/mol. The third kappa shape index (κ3) is 4.01. The van der Waals surface area contributed by atoms with Crippen molar-refractivity contribution in [3.05, 3.63) is 28.2 Å². The molecule has 0 aliphatic rings. The van der Waals surface area contributed by atoms with E-state index in [-0.39, 0.29) is 0 Å². The average Bonchev–Trinajstić information content (AvgIpc) is 2.26. The van der Waals surface area contributed by atoms with Crippen molar-refractivity contribution in [1.29, 1.82) is 0 Å². The number of benzene rings is 1. The minimum atomic E-state index is 0.552. The lowest BCUT2D eigenvalue weighted by atomic mass is 10.2. The van der Waals surface area contributed by atoms with E-state index in [4.69, 9.17) is 9.47 Å². The van der Waals surface area contributed by atoms with Gasteiger partial charge in [0.1, 0.15) is 5.75 Å². The van der Waals surface area contributed by atoms with Crippen LogP contribution in [0, 0.1) is 0 Å². The Morgan fingerprint density at radius 3 is 2.87 bits per heavy atom. The summed E-state index contributed by atoms with van der Waals surface area (Å²) in [7, 11) is 1.65. The van der Waals surface area contributed by atoms with Crippen LogP contribution < -0.4 is 4.74 Å². The van der Waals surface area contributed by atoms with Gasteiger partial charge in [0.2, 0.25) is 0 Å². The van der Waals surface area contributed by atoms with E-state index in [1.54, 1.807) is 19.2 Å². The van der Waals surface area contributed by atoms with Gasteiger partial charge in [0.15, 0.2) is 6.29 Å². The van der Waals surface area contributed by atoms with Crippen molar-refractivity contribution in [1.82, 2.24) is 0 Å². The summed E-state index contributed by atoms with van der Waals surface area (Å²) in [4.78, 5) is 10.7. The Morgan fingerprint density at radius 1 is 1.40 bits per heavy atom. The quantitative estimate of drug-likeness (QED) is 0.590. The molecule has 0 spiro atoms. The number of halogens is 1. The predicted molar refractivity (Wildman–Crippen MR) is 61.5 cm³/mol. The first-order chi connectivity index (χ1) is 7.27. The van der Waals surface area contributed by atoms with Crippen LogP contribution in [0.25, 0.3) is 0 Å². The number of carbonyl (C=O) groups is 1. The van der Waals surface area contributed by atoms with Crippen molar-refractivity contribution >= 4 is 22.2 Å². The lowest BCUT2D eigenvalue weighted by Crippen LogP contribution is -2.03. The molecule has 0 radical (unpaired) electrons. The highest BCUT2D eigenvalue weighted by atomic mass is 79.9. The fourth-order valence-electron chi connectivity index (χ4n) is 1.13. The van der Waals surface area contributed by atoms with Crippen molar-refractivity contribution in [2.75, 3.05) is 20.3 Å². The molecule has 0 saturated carbocycles. The van der Waals surface area contributed by atoms with Gasteiger partial charge in [-0.05, 0) is 18.2 Å². The molecule has 1 aromatic carbocycles. The summed E-state index contributed by atoms with van der Waals surface area (Å²) in [5.41, 5.74) is 0.557. The monoisotopic (exact) mass is 272 g/mol. The molecule has 0 unspecified atom stereocenters. The first-order valence-corrected chi connectivity index (χ1v) is 5.43. The number of ether oxygens (including phenoxy) is 2. The molecule has 1 rings (SSSR count). The molecule has 1 aromatic rings. The summed E-state index contributed by atoms with van der Waals surface area (Å²) in [5, 5.41) is 0. The van der Waals surface area contributed by atoms with Gasteiger partial charge in [-0.25, -0.2) is 0 Å². The van der Waals surface area contributed by atoms with Gasteiger partial charge in [-0.3, -0.25) is 4.79 Å². The van der Waals surface area contributed by atoms with Gasteiger partial charge in [0.05, 0.1) is 12.2 Å². The molecule has 0 N–H and O–H groups in total. The second kappa shape index (κ2) is 6.58. The summed E-state index contributed by atoms with van der Waals surface area (Å²) in [5.74, 6) is 0.615. The van der Waals surface area contributed by atoms with Gasteiger partial charge < -0.3 is 9.47 Å². The van der Waals surface area contributed by atoms with Crippen LogP contribution in [0.1, 0.15) is 16.8 Å². The van der Waals surface area contributed by atoms with E-state index in [1.165, 1.54) is 0 Å². The Balaban J connectivity index is 2.56. The van der Waals surface area contributed by atoms with Crippen molar-refractivity contribution in [2.45, 2.75) is 6.42 Å². The SMILES string of the molecule is COCCCOc1ccc(Br)cc1C=O. The first-order valence-electron chi connectivity index (χ1n) is 4.64. The lowest BCUT2D eigenvalue weighted by molar-refractivity contribution is 0.111. The van der Waals surface area contributed by atoms with E-state index in [0.29, 0.717) is 24.5 Å². The van der Waals surface area contributed by atoms with E-state index in [2.05, 4.69) is 15.9 Å². The third-order valence-electron chi connectivity index (χ3n) is 1.85. The summed E-state index contributed by atoms with van der Waals surface area (Å²) < 4.78 is 11.2. The Labute approximate surface area is 97.5 Å². The first kappa shape index (κ1) is 12.2. The molecular weight excluding hydrogens is 260 g/mol. The number of methoxy groups -OCH3 is 1. The molecule has 15 heavy (non-hydrogen) atoms. The van der Waals surface area contributed by atoms with Crippen LogP contribution in [0.2, 0.25) is 0 Å². The highest BCUT2D eigenvalue weighted by Gasteiger charge is 2.02. The number of aldehydes is 1. The minimum absolute atomic E-state index is 0.552. The van der Waals surface area contributed by atoms with Gasteiger partial charge in [-0.2, -0.15) is 0 Å². The fraction of sp³-hybridized carbons (Fsp3) is 0.364. The van der Waals surface area contributed by atoms with E-state index < -0.39 is 0 Å². The lowest BCUT2D eigenvalue weighted by Gasteiger charge is -2.08. The van der Waals surface area contributed by atoms with Crippen molar-refractivity contribution in [3.8, 4) is 5.75 Å². The van der Waals surface area contributed by atoms with Crippen LogP contribution in [0.4, 0.5) is 0 Å². The fourth-order valence-corrected chi connectivity index (χ4v) is 1.51. The maximum absolute atomic E-state index is 10.7. The van der Waals surface area contributed by atoms with Crippen LogP contribution in [0.15, 0.2) is 22.7 Å². The largest absolute Gasteiger partial charge is 0.493 e. The van der Waals surface area contributed by atoms with Crippen molar-refractivity contribution in [2.24, 2.45) is 0 Å². The Morgan fingerprint density at radius 2 is 2.20 bits per heavy atom. The Hall–Kier alpha value is -0.870. The molecular formula is C11H13BrO3. The molecule has 0 fully saturated rings.